The number of hydrogen-bond acceptors (Lipinski definition) is 5. The number of carbonyl (C=O) groups is 1. The van der Waals surface area contributed by atoms with E-state index in [-0.39, 0.29) is 18.3 Å². The minimum absolute atomic E-state index is 0.128. The number of nitrogens with one attached hydrogen (secondary N) is 2. The van der Waals surface area contributed by atoms with Crippen LogP contribution < -0.4 is 20.3 Å². The summed E-state index contributed by atoms with van der Waals surface area (Å²) in [6.45, 7) is 3.27. The average Bonchev–Trinajstić information content (AvgIpc) is 3.22. The molecule has 0 fully saturated rings. The van der Waals surface area contributed by atoms with Gasteiger partial charge in [0.05, 0.1) is 10.9 Å². The Balaban J connectivity index is 1.51. The largest absolute Gasteiger partial charge is 0.454 e. The summed E-state index contributed by atoms with van der Waals surface area (Å²) in [6.07, 6.45) is 3.02. The second-order valence-corrected chi connectivity index (χ2v) is 7.61. The fourth-order valence-corrected chi connectivity index (χ4v) is 3.74. The van der Waals surface area contributed by atoms with Gasteiger partial charge in [-0.3, -0.25) is 14.2 Å². The first kappa shape index (κ1) is 20.2. The number of hydrogen-bond donors (Lipinski definition) is 2. The Morgan fingerprint density at radius 2 is 2.00 bits per heavy atom. The lowest BCUT2D eigenvalue weighted by atomic mass is 10.1. The van der Waals surface area contributed by atoms with Crippen LogP contribution in [0.4, 0.5) is 0 Å². The van der Waals surface area contributed by atoms with E-state index in [0.29, 0.717) is 45.8 Å². The number of rotatable bonds is 7. The summed E-state index contributed by atoms with van der Waals surface area (Å²) in [5, 5.41) is 3.41. The fourth-order valence-electron chi connectivity index (χ4n) is 3.45. The Morgan fingerprint density at radius 1 is 1.17 bits per heavy atom. The molecule has 0 saturated carbocycles. The number of fused-ring (bicyclic) bond motifs is 2. The molecule has 0 spiro atoms. The third-order valence-corrected chi connectivity index (χ3v) is 5.44. The summed E-state index contributed by atoms with van der Waals surface area (Å²) in [4.78, 5) is 28.5. The molecule has 0 unspecified atom stereocenters. The third-order valence-electron chi connectivity index (χ3n) is 5.12. The summed E-state index contributed by atoms with van der Waals surface area (Å²) in [5.74, 6) is 1.14. The molecule has 2 heterocycles. The Labute approximate surface area is 178 Å². The molecule has 0 bridgehead atoms. The van der Waals surface area contributed by atoms with Crippen LogP contribution in [0, 0.1) is 4.77 Å². The maximum atomic E-state index is 12.8. The van der Waals surface area contributed by atoms with Crippen molar-refractivity contribution >= 4 is 29.0 Å². The quantitative estimate of drug-likeness (QED) is 0.443. The van der Waals surface area contributed by atoms with Gasteiger partial charge in [-0.1, -0.05) is 25.8 Å². The highest BCUT2D eigenvalue weighted by Crippen LogP contribution is 2.32. The summed E-state index contributed by atoms with van der Waals surface area (Å²) in [7, 11) is 0. The van der Waals surface area contributed by atoms with Crippen molar-refractivity contribution in [3.05, 3.63) is 62.6 Å². The number of carbonyl (C=O) groups excluding carboxylic acids is 1. The zero-order valence-electron chi connectivity index (χ0n) is 16.7. The lowest BCUT2D eigenvalue weighted by molar-refractivity contribution is 0.0951. The zero-order valence-corrected chi connectivity index (χ0v) is 17.5. The molecule has 1 aliphatic rings. The van der Waals surface area contributed by atoms with Gasteiger partial charge in [-0.25, -0.2) is 0 Å². The second-order valence-electron chi connectivity index (χ2n) is 7.22. The van der Waals surface area contributed by atoms with Gasteiger partial charge in [0, 0.05) is 18.7 Å². The van der Waals surface area contributed by atoms with Crippen molar-refractivity contribution in [1.82, 2.24) is 14.9 Å². The van der Waals surface area contributed by atoms with E-state index in [4.69, 9.17) is 21.7 Å². The number of benzene rings is 2. The first-order chi connectivity index (χ1) is 14.6. The smallest absolute Gasteiger partial charge is 0.262 e. The number of unbranched alkanes of at least 4 members (excludes halogenated alkanes) is 2. The Hall–Kier alpha value is -3.13. The summed E-state index contributed by atoms with van der Waals surface area (Å²) in [6, 6.07) is 10.6. The first-order valence-electron chi connectivity index (χ1n) is 10.0. The average molecular weight is 426 g/mol. The van der Waals surface area contributed by atoms with Crippen LogP contribution >= 0.6 is 12.2 Å². The van der Waals surface area contributed by atoms with Crippen molar-refractivity contribution in [3.8, 4) is 11.5 Å². The molecule has 1 amide bonds. The molecule has 1 aliphatic heterocycles. The highest BCUT2D eigenvalue weighted by atomic mass is 32.1. The molecule has 7 nitrogen and oxygen atoms in total. The Bertz CT molecular complexity index is 1220. The molecule has 0 atom stereocenters. The van der Waals surface area contributed by atoms with Gasteiger partial charge in [0.1, 0.15) is 0 Å². The van der Waals surface area contributed by atoms with E-state index in [2.05, 4.69) is 17.2 Å². The van der Waals surface area contributed by atoms with Gasteiger partial charge in [0.2, 0.25) is 6.79 Å². The van der Waals surface area contributed by atoms with Crippen molar-refractivity contribution < 1.29 is 14.3 Å². The van der Waals surface area contributed by atoms with E-state index in [1.807, 2.05) is 18.2 Å². The van der Waals surface area contributed by atoms with E-state index >= 15 is 0 Å². The fraction of sp³-hybridized carbons (Fsp3) is 0.318. The van der Waals surface area contributed by atoms with Crippen LogP contribution in [0.15, 0.2) is 41.2 Å². The standard InChI is InChI=1S/C22H23N3O4S/c1-2-3-4-9-25-21(27)16-7-6-15(11-17(16)24-22(25)30)20(26)23-12-14-5-8-18-19(10-14)29-13-28-18/h5-8,10-11H,2-4,9,12-13H2,1H3,(H,23,26)(H,24,30). The van der Waals surface area contributed by atoms with Crippen LogP contribution in [-0.4, -0.2) is 22.3 Å². The van der Waals surface area contributed by atoms with E-state index in [1.54, 1.807) is 22.8 Å². The number of aromatic amines is 1. The van der Waals surface area contributed by atoms with Gasteiger partial charge < -0.3 is 19.8 Å². The lowest BCUT2D eigenvalue weighted by Crippen LogP contribution is -2.24. The number of nitrogens with zero attached hydrogens (tertiary/aromatic N) is 1. The van der Waals surface area contributed by atoms with Crippen molar-refractivity contribution in [2.45, 2.75) is 39.3 Å². The Morgan fingerprint density at radius 3 is 2.83 bits per heavy atom. The normalized spacial score (nSPS) is 12.3. The molecule has 1 aromatic heterocycles. The van der Waals surface area contributed by atoms with E-state index in [0.717, 1.165) is 24.8 Å². The van der Waals surface area contributed by atoms with Crippen LogP contribution in [0.5, 0.6) is 11.5 Å². The monoisotopic (exact) mass is 425 g/mol. The molecule has 156 valence electrons. The van der Waals surface area contributed by atoms with Crippen LogP contribution in [0.3, 0.4) is 0 Å². The van der Waals surface area contributed by atoms with E-state index in [1.165, 1.54) is 0 Å². The van der Waals surface area contributed by atoms with E-state index in [9.17, 15) is 9.59 Å². The van der Waals surface area contributed by atoms with Crippen LogP contribution in [-0.2, 0) is 13.1 Å². The molecule has 4 rings (SSSR count). The van der Waals surface area contributed by atoms with Crippen LogP contribution in [0.25, 0.3) is 10.9 Å². The van der Waals surface area contributed by atoms with Gasteiger partial charge in [-0.15, -0.1) is 0 Å². The van der Waals surface area contributed by atoms with Crippen LogP contribution in [0.1, 0.15) is 42.1 Å². The summed E-state index contributed by atoms with van der Waals surface area (Å²) in [5.41, 5.74) is 1.80. The maximum Gasteiger partial charge on any atom is 0.262 e. The van der Waals surface area contributed by atoms with Crippen molar-refractivity contribution in [3.63, 3.8) is 0 Å². The minimum atomic E-state index is -0.235. The molecule has 0 aliphatic carbocycles. The topological polar surface area (TPSA) is 85.3 Å². The number of H-pyrrole nitrogens is 1. The van der Waals surface area contributed by atoms with Crippen molar-refractivity contribution in [1.29, 1.82) is 0 Å². The SMILES string of the molecule is CCCCCn1c(=S)[nH]c2cc(C(=O)NCc3ccc4c(c3)OCO4)ccc2c1=O. The molecule has 0 radical (unpaired) electrons. The number of ether oxygens (including phenoxy) is 2. The highest BCUT2D eigenvalue weighted by Gasteiger charge is 2.14. The summed E-state index contributed by atoms with van der Waals surface area (Å²) < 4.78 is 12.6. The first-order valence-corrected chi connectivity index (χ1v) is 10.4. The minimum Gasteiger partial charge on any atom is -0.454 e. The van der Waals surface area contributed by atoms with Gasteiger partial charge >= 0.3 is 0 Å². The second kappa shape index (κ2) is 8.71. The maximum absolute atomic E-state index is 12.8. The predicted octanol–water partition coefficient (Wildman–Crippen LogP) is 3.91. The molecule has 2 aromatic carbocycles. The lowest BCUT2D eigenvalue weighted by Gasteiger charge is -2.10. The van der Waals surface area contributed by atoms with Gasteiger partial charge in [0.15, 0.2) is 16.3 Å². The Kier molecular flexibility index (Phi) is 5.85. The molecule has 30 heavy (non-hydrogen) atoms. The van der Waals surface area contributed by atoms with Crippen LogP contribution in [0.2, 0.25) is 0 Å². The third kappa shape index (κ3) is 4.09. The van der Waals surface area contributed by atoms with Crippen molar-refractivity contribution in [2.75, 3.05) is 6.79 Å². The molecular formula is C22H23N3O4S. The number of amides is 1. The van der Waals surface area contributed by atoms with Gasteiger partial charge in [0.25, 0.3) is 11.5 Å². The van der Waals surface area contributed by atoms with E-state index < -0.39 is 0 Å². The molecule has 3 aromatic rings. The highest BCUT2D eigenvalue weighted by molar-refractivity contribution is 7.71. The van der Waals surface area contributed by atoms with Crippen molar-refractivity contribution in [2.24, 2.45) is 0 Å². The molecular weight excluding hydrogens is 402 g/mol. The molecule has 0 saturated heterocycles. The predicted molar refractivity (Wildman–Crippen MR) is 117 cm³/mol. The molecule has 2 N–H and O–H groups in total. The zero-order chi connectivity index (χ0) is 21.1. The molecule has 8 heteroatoms. The van der Waals surface area contributed by atoms with Gasteiger partial charge in [-0.2, -0.15) is 0 Å². The van der Waals surface area contributed by atoms with Gasteiger partial charge in [-0.05, 0) is 54.5 Å². The summed E-state index contributed by atoms with van der Waals surface area (Å²) >= 11 is 5.36. The number of aromatic nitrogens is 2.